The van der Waals surface area contributed by atoms with Crippen molar-refractivity contribution in [3.63, 3.8) is 0 Å². The second kappa shape index (κ2) is 12.4. The summed E-state index contributed by atoms with van der Waals surface area (Å²) < 4.78 is 35.8. The molecule has 4 atom stereocenters. The molecule has 0 radical (unpaired) electrons. The quantitative estimate of drug-likeness (QED) is 0.464. The second-order valence-electron chi connectivity index (χ2n) is 10.5. The molecule has 0 aromatic rings. The van der Waals surface area contributed by atoms with E-state index in [1.165, 1.54) is 12.8 Å². The van der Waals surface area contributed by atoms with Crippen LogP contribution in [0.2, 0.25) is 0 Å². The SMILES string of the molecule is CC(C)C.N#CC(CC1CCCNC1=O)NC=O.O=C(CNC(=O)C(F)(F)F)N1CC2C(C1)C21CC1. The number of hydrogen-bond acceptors (Lipinski definition) is 5. The van der Waals surface area contributed by atoms with Gasteiger partial charge in [-0.2, -0.15) is 18.4 Å². The predicted molar refractivity (Wildman–Crippen MR) is 124 cm³/mol. The Balaban J connectivity index is 0.000000227. The van der Waals surface area contributed by atoms with Crippen LogP contribution >= 0.6 is 0 Å². The van der Waals surface area contributed by atoms with Crippen molar-refractivity contribution < 1.29 is 32.3 Å². The summed E-state index contributed by atoms with van der Waals surface area (Å²) >= 11 is 0. The number of hydrogen-bond donors (Lipinski definition) is 3. The molecule has 12 heteroatoms. The fraction of sp³-hybridized carbons (Fsp3) is 0.792. The van der Waals surface area contributed by atoms with Gasteiger partial charge in [-0.15, -0.1) is 0 Å². The van der Waals surface area contributed by atoms with Gasteiger partial charge in [0, 0.05) is 25.6 Å². The van der Waals surface area contributed by atoms with E-state index in [4.69, 9.17) is 5.26 Å². The van der Waals surface area contributed by atoms with Crippen LogP contribution in [-0.4, -0.2) is 67.4 Å². The van der Waals surface area contributed by atoms with Crippen LogP contribution in [0.3, 0.4) is 0 Å². The van der Waals surface area contributed by atoms with Gasteiger partial charge in [0.25, 0.3) is 0 Å². The lowest BCUT2D eigenvalue weighted by Crippen LogP contribution is -2.44. The van der Waals surface area contributed by atoms with Crippen molar-refractivity contribution in [3.05, 3.63) is 0 Å². The topological polar surface area (TPSA) is 131 Å². The highest BCUT2D eigenvalue weighted by Gasteiger charge is 2.74. The maximum Gasteiger partial charge on any atom is 0.471 e. The highest BCUT2D eigenvalue weighted by molar-refractivity contribution is 5.87. The number of nitrogens with zero attached hydrogens (tertiary/aromatic N) is 2. The molecule has 0 bridgehead atoms. The number of piperidine rings is 2. The van der Waals surface area contributed by atoms with Gasteiger partial charge in [-0.25, -0.2) is 0 Å². The highest BCUT2D eigenvalue weighted by atomic mass is 19.4. The van der Waals surface area contributed by atoms with E-state index in [0.717, 1.165) is 18.8 Å². The van der Waals surface area contributed by atoms with E-state index in [9.17, 15) is 32.3 Å². The van der Waals surface area contributed by atoms with Crippen molar-refractivity contribution in [2.24, 2.45) is 29.1 Å². The van der Waals surface area contributed by atoms with Crippen molar-refractivity contribution in [2.45, 2.75) is 65.1 Å². The smallest absolute Gasteiger partial charge is 0.356 e. The summed E-state index contributed by atoms with van der Waals surface area (Å²) in [6.45, 7) is 7.94. The first kappa shape index (κ1) is 29.4. The Morgan fingerprint density at radius 2 is 1.83 bits per heavy atom. The molecule has 2 saturated carbocycles. The summed E-state index contributed by atoms with van der Waals surface area (Å²) in [6.07, 6.45) is 0.172. The molecule has 4 rings (SSSR count). The molecule has 202 valence electrons. The van der Waals surface area contributed by atoms with E-state index in [2.05, 4.69) is 31.4 Å². The minimum Gasteiger partial charge on any atom is -0.356 e. The summed E-state index contributed by atoms with van der Waals surface area (Å²) in [6, 6.07) is 1.39. The molecule has 36 heavy (non-hydrogen) atoms. The van der Waals surface area contributed by atoms with E-state index in [0.29, 0.717) is 49.7 Å². The zero-order valence-corrected chi connectivity index (χ0v) is 21.0. The van der Waals surface area contributed by atoms with E-state index >= 15 is 0 Å². The first-order valence-corrected chi connectivity index (χ1v) is 12.4. The molecule has 2 saturated heterocycles. The van der Waals surface area contributed by atoms with Crippen molar-refractivity contribution in [1.82, 2.24) is 20.9 Å². The molecule has 9 nitrogen and oxygen atoms in total. The average Bonchev–Trinajstić information content (AvgIpc) is 3.64. The summed E-state index contributed by atoms with van der Waals surface area (Å²) in [5, 5.41) is 15.4. The number of carbonyl (C=O) groups is 4. The van der Waals surface area contributed by atoms with Crippen LogP contribution in [0.1, 0.15) is 52.9 Å². The van der Waals surface area contributed by atoms with E-state index in [1.54, 1.807) is 10.2 Å². The zero-order chi connectivity index (χ0) is 27.1. The molecule has 4 amide bonds. The molecule has 2 aliphatic heterocycles. The Kier molecular flexibility index (Phi) is 10.1. The normalized spacial score (nSPS) is 25.6. The van der Waals surface area contributed by atoms with Gasteiger partial charge in [0.15, 0.2) is 0 Å². The molecule has 4 fully saturated rings. The fourth-order valence-electron chi connectivity index (χ4n) is 4.88. The monoisotopic (exact) mass is 515 g/mol. The largest absolute Gasteiger partial charge is 0.471 e. The van der Waals surface area contributed by atoms with Gasteiger partial charge in [0.2, 0.25) is 18.2 Å². The van der Waals surface area contributed by atoms with Gasteiger partial charge in [-0.1, -0.05) is 20.8 Å². The van der Waals surface area contributed by atoms with Crippen LogP contribution in [0, 0.1) is 40.4 Å². The molecule has 2 heterocycles. The Morgan fingerprint density at radius 3 is 2.28 bits per heavy atom. The molecular weight excluding hydrogens is 479 g/mol. The van der Waals surface area contributed by atoms with E-state index in [1.807, 2.05) is 6.07 Å². The average molecular weight is 516 g/mol. The first-order chi connectivity index (χ1) is 16.9. The molecule has 4 unspecified atom stereocenters. The predicted octanol–water partition coefficient (Wildman–Crippen LogP) is 1.74. The van der Waals surface area contributed by atoms with Crippen LogP contribution in [-0.2, 0) is 19.2 Å². The Bertz CT molecular complexity index is 837. The lowest BCUT2D eigenvalue weighted by Gasteiger charge is -2.23. The molecular formula is C24H36F3N5O4. The summed E-state index contributed by atoms with van der Waals surface area (Å²) in [5.74, 6) is -0.681. The van der Waals surface area contributed by atoms with Gasteiger partial charge in [0.05, 0.1) is 12.6 Å². The summed E-state index contributed by atoms with van der Waals surface area (Å²) in [7, 11) is 0. The molecule has 2 aliphatic carbocycles. The second-order valence-corrected chi connectivity index (χ2v) is 10.5. The third-order valence-corrected chi connectivity index (χ3v) is 6.87. The van der Waals surface area contributed by atoms with Gasteiger partial charge < -0.3 is 20.9 Å². The Morgan fingerprint density at radius 1 is 1.25 bits per heavy atom. The standard InChI is InChI=1S/C11H13F3N2O2.C9H13N3O2.C4H10/c12-11(13,14)9(18)15-3-8(17)16-4-6-7(5-16)10(6)1-2-10;10-5-8(12-6-13)4-7-2-1-3-11-9(7)14;1-4(2)3/h6-7H,1-5H2,(H,15,18);6-8H,1-4H2,(H,11,14)(H,12,13);4H,1-3H3. The molecule has 0 aromatic carbocycles. The Labute approximate surface area is 209 Å². The summed E-state index contributed by atoms with van der Waals surface area (Å²) in [4.78, 5) is 45.2. The number of nitriles is 1. The lowest BCUT2D eigenvalue weighted by atomic mass is 9.92. The highest BCUT2D eigenvalue weighted by Crippen LogP contribution is 2.77. The van der Waals surface area contributed by atoms with E-state index < -0.39 is 30.6 Å². The maximum absolute atomic E-state index is 11.9. The number of halogens is 3. The number of amides is 4. The van der Waals surface area contributed by atoms with Gasteiger partial charge in [0.1, 0.15) is 6.04 Å². The van der Waals surface area contributed by atoms with Gasteiger partial charge in [-0.3, -0.25) is 19.2 Å². The van der Waals surface area contributed by atoms with Crippen LogP contribution in [0.25, 0.3) is 0 Å². The molecule has 3 N–H and O–H groups in total. The van der Waals surface area contributed by atoms with Crippen LogP contribution in [0.15, 0.2) is 0 Å². The number of carbonyl (C=O) groups excluding carboxylic acids is 4. The van der Waals surface area contributed by atoms with E-state index in [-0.39, 0.29) is 11.8 Å². The molecule has 0 aromatic heterocycles. The zero-order valence-electron chi connectivity index (χ0n) is 21.0. The van der Waals surface area contributed by atoms with Crippen molar-refractivity contribution >= 4 is 24.1 Å². The number of alkyl halides is 3. The minimum absolute atomic E-state index is 0.0100. The minimum atomic E-state index is -4.93. The van der Waals surface area contributed by atoms with Crippen molar-refractivity contribution in [3.8, 4) is 6.07 Å². The van der Waals surface area contributed by atoms with Gasteiger partial charge in [-0.05, 0) is 55.3 Å². The Hall–Kier alpha value is -2.84. The fourth-order valence-corrected chi connectivity index (χ4v) is 4.88. The maximum atomic E-state index is 11.9. The number of nitrogens with one attached hydrogen (secondary N) is 3. The third-order valence-electron chi connectivity index (χ3n) is 6.87. The van der Waals surface area contributed by atoms with Crippen molar-refractivity contribution in [2.75, 3.05) is 26.2 Å². The molecule has 1 spiro atoms. The number of rotatable bonds is 6. The molecule has 4 aliphatic rings. The number of likely N-dealkylation sites (tertiary alicyclic amines) is 1. The van der Waals surface area contributed by atoms with Crippen LogP contribution < -0.4 is 16.0 Å². The number of fused-ring (bicyclic) bond motifs is 3. The first-order valence-electron chi connectivity index (χ1n) is 12.4. The van der Waals surface area contributed by atoms with Gasteiger partial charge >= 0.3 is 12.1 Å². The van der Waals surface area contributed by atoms with Crippen LogP contribution in [0.5, 0.6) is 0 Å². The van der Waals surface area contributed by atoms with Crippen molar-refractivity contribution in [1.29, 1.82) is 5.26 Å². The van der Waals surface area contributed by atoms with Crippen LogP contribution in [0.4, 0.5) is 13.2 Å². The summed E-state index contributed by atoms with van der Waals surface area (Å²) in [5.41, 5.74) is 0.492. The lowest BCUT2D eigenvalue weighted by molar-refractivity contribution is -0.174. The third kappa shape index (κ3) is 8.10.